The number of oxazole rings is 1. The van der Waals surface area contributed by atoms with E-state index in [1.54, 1.807) is 18.3 Å². The zero-order valence-corrected chi connectivity index (χ0v) is 29.5. The number of carbonyl (C=O) groups excluding carboxylic acids is 1. The summed E-state index contributed by atoms with van der Waals surface area (Å²) in [7, 11) is 0. The molecule has 1 aliphatic carbocycles. The van der Waals surface area contributed by atoms with Crippen LogP contribution in [0.25, 0.3) is 10.9 Å². The lowest BCUT2D eigenvalue weighted by Crippen LogP contribution is -2.38. The quantitative estimate of drug-likeness (QED) is 0.0547. The second-order valence-corrected chi connectivity index (χ2v) is 13.1. The van der Waals surface area contributed by atoms with Gasteiger partial charge in [0.05, 0.1) is 17.8 Å². The Morgan fingerprint density at radius 2 is 1.72 bits per heavy atom. The lowest BCUT2D eigenvalue weighted by molar-refractivity contribution is -0.123. The largest absolute Gasteiger partial charge is 0.506 e. The fourth-order valence-corrected chi connectivity index (χ4v) is 6.83. The molecule has 3 aromatic carbocycles. The standard InChI is InChI=1S/C39H45N5O6.CH2O2/c45-33-17-15-31(32-16-18-35(47)44-37(32)33)34(46)25-41-23-26-11-13-29(14-12-26)43-36(48)20-22-40-21-19-30-24-42-38(50-30)39(49,27-7-3-1-4-8-27)28-9-5-2-6-10-28;2-1-3/h1,3-4,7-8,11-18,24,28,34,40-41,45-46,49H,2,5-6,9-10,19-23,25H2,(H,43,48)(H,44,47);1H,(H,2,3)/t34-,39-;/m0./s1. The number of benzene rings is 3. The lowest BCUT2D eigenvalue weighted by Gasteiger charge is -2.36. The smallest absolute Gasteiger partial charge is 0.290 e. The topological polar surface area (TPSA) is 210 Å². The molecule has 53 heavy (non-hydrogen) atoms. The van der Waals surface area contributed by atoms with E-state index in [1.807, 2.05) is 54.6 Å². The predicted octanol–water partition coefficient (Wildman–Crippen LogP) is 4.72. The number of aromatic nitrogens is 2. The molecular formula is C40H47N5O8. The van der Waals surface area contributed by atoms with Gasteiger partial charge in [0.15, 0.2) is 5.60 Å². The molecule has 280 valence electrons. The highest BCUT2D eigenvalue weighted by atomic mass is 16.4. The third-order valence-electron chi connectivity index (χ3n) is 9.54. The van der Waals surface area contributed by atoms with Crippen LogP contribution in [0.15, 0.2) is 94.3 Å². The number of phenols is 1. The zero-order valence-electron chi connectivity index (χ0n) is 29.5. The molecule has 2 atom stereocenters. The minimum Gasteiger partial charge on any atom is -0.506 e. The van der Waals surface area contributed by atoms with Gasteiger partial charge in [-0.3, -0.25) is 14.4 Å². The highest BCUT2D eigenvalue weighted by Crippen LogP contribution is 2.43. The summed E-state index contributed by atoms with van der Waals surface area (Å²) in [6, 6.07) is 23.3. The molecule has 0 bridgehead atoms. The average Bonchev–Trinajstić information content (AvgIpc) is 3.66. The van der Waals surface area contributed by atoms with Gasteiger partial charge in [0.2, 0.25) is 17.4 Å². The Hall–Kier alpha value is -5.34. The highest BCUT2D eigenvalue weighted by Gasteiger charge is 2.44. The molecule has 5 aromatic rings. The Morgan fingerprint density at radius 3 is 2.45 bits per heavy atom. The number of aromatic hydroxyl groups is 1. The molecule has 0 aliphatic heterocycles. The number of aliphatic hydroxyl groups is 2. The summed E-state index contributed by atoms with van der Waals surface area (Å²) in [6.45, 7) is 1.62. The van der Waals surface area contributed by atoms with Crippen LogP contribution in [0.4, 0.5) is 5.69 Å². The summed E-state index contributed by atoms with van der Waals surface area (Å²) in [5.41, 5.74) is 1.81. The maximum Gasteiger partial charge on any atom is 0.290 e. The molecule has 1 saturated carbocycles. The van der Waals surface area contributed by atoms with Crippen molar-refractivity contribution in [1.82, 2.24) is 20.6 Å². The number of nitrogens with one attached hydrogen (secondary N) is 4. The maximum atomic E-state index is 12.6. The first kappa shape index (κ1) is 38.9. The molecule has 1 aliphatic rings. The Balaban J connectivity index is 0.00000175. The van der Waals surface area contributed by atoms with E-state index >= 15 is 0 Å². The Kier molecular flexibility index (Phi) is 13.9. The molecule has 1 amide bonds. The molecule has 0 radical (unpaired) electrons. The summed E-state index contributed by atoms with van der Waals surface area (Å²) < 4.78 is 6.14. The fourth-order valence-electron chi connectivity index (χ4n) is 6.83. The van der Waals surface area contributed by atoms with Gasteiger partial charge in [-0.25, -0.2) is 4.98 Å². The number of carbonyl (C=O) groups is 2. The van der Waals surface area contributed by atoms with Crippen molar-refractivity contribution >= 4 is 29.0 Å². The summed E-state index contributed by atoms with van der Waals surface area (Å²) in [6.07, 6.45) is 6.98. The fraction of sp³-hybridized carbons (Fsp3) is 0.350. The normalized spacial score (nSPS) is 14.8. The van der Waals surface area contributed by atoms with E-state index < -0.39 is 11.7 Å². The van der Waals surface area contributed by atoms with Gasteiger partial charge in [-0.2, -0.15) is 0 Å². The van der Waals surface area contributed by atoms with Gasteiger partial charge in [-0.05, 0) is 53.8 Å². The van der Waals surface area contributed by atoms with Crippen LogP contribution in [-0.4, -0.2) is 62.4 Å². The molecule has 0 spiro atoms. The van der Waals surface area contributed by atoms with Crippen molar-refractivity contribution in [2.75, 3.05) is 25.0 Å². The van der Waals surface area contributed by atoms with E-state index in [0.29, 0.717) is 66.3 Å². The van der Waals surface area contributed by atoms with Crippen LogP contribution in [0.3, 0.4) is 0 Å². The van der Waals surface area contributed by atoms with E-state index in [-0.39, 0.29) is 36.2 Å². The molecule has 0 unspecified atom stereocenters. The second-order valence-electron chi connectivity index (χ2n) is 13.1. The lowest BCUT2D eigenvalue weighted by atomic mass is 9.73. The number of carboxylic acid groups (broad SMARTS) is 1. The third-order valence-corrected chi connectivity index (χ3v) is 9.54. The number of fused-ring (bicyclic) bond motifs is 1. The summed E-state index contributed by atoms with van der Waals surface area (Å²) in [5.74, 6) is 0.953. The number of H-pyrrole nitrogens is 1. The van der Waals surface area contributed by atoms with Crippen LogP contribution in [-0.2, 0) is 28.2 Å². The van der Waals surface area contributed by atoms with Crippen LogP contribution in [0, 0.1) is 5.92 Å². The number of pyridine rings is 1. The maximum absolute atomic E-state index is 12.6. The molecule has 13 heteroatoms. The average molecular weight is 726 g/mol. The molecular weight excluding hydrogens is 678 g/mol. The Labute approximate surface area is 307 Å². The summed E-state index contributed by atoms with van der Waals surface area (Å²) >= 11 is 0. The molecule has 0 saturated heterocycles. The van der Waals surface area contributed by atoms with Crippen LogP contribution in [0.1, 0.15) is 73.0 Å². The number of hydrogen-bond donors (Lipinski definition) is 8. The van der Waals surface area contributed by atoms with Crippen molar-refractivity contribution in [3.63, 3.8) is 0 Å². The molecule has 2 aromatic heterocycles. The van der Waals surface area contributed by atoms with Gasteiger partial charge in [0.25, 0.3) is 6.47 Å². The Morgan fingerprint density at radius 1 is 0.981 bits per heavy atom. The first-order valence-corrected chi connectivity index (χ1v) is 17.9. The third kappa shape index (κ3) is 10.2. The van der Waals surface area contributed by atoms with Crippen LogP contribution < -0.4 is 21.5 Å². The number of aliphatic hydroxyl groups excluding tert-OH is 1. The minimum atomic E-state index is -1.25. The zero-order chi connectivity index (χ0) is 37.6. The number of amides is 1. The van der Waals surface area contributed by atoms with Gasteiger partial charge in [0, 0.05) is 62.1 Å². The molecule has 6 rings (SSSR count). The molecule has 1 fully saturated rings. The number of anilines is 1. The van der Waals surface area contributed by atoms with E-state index in [1.165, 1.54) is 18.6 Å². The molecule has 8 N–H and O–H groups in total. The van der Waals surface area contributed by atoms with E-state index in [4.69, 9.17) is 14.3 Å². The predicted molar refractivity (Wildman–Crippen MR) is 200 cm³/mol. The van der Waals surface area contributed by atoms with Crippen molar-refractivity contribution in [3.8, 4) is 5.75 Å². The number of nitrogens with zero attached hydrogens (tertiary/aromatic N) is 1. The number of rotatable bonds is 15. The number of aromatic amines is 1. The van der Waals surface area contributed by atoms with Crippen molar-refractivity contribution in [2.45, 2.75) is 63.2 Å². The first-order chi connectivity index (χ1) is 25.7. The van der Waals surface area contributed by atoms with Crippen molar-refractivity contribution in [1.29, 1.82) is 0 Å². The SMILES string of the molecule is O=C(CCNCCc1cnc([C@](O)(c2ccccc2)C2CCCCC2)o1)Nc1ccc(CNC[C@H](O)c2ccc(O)c3[nH]c(=O)ccc23)cc1.O=CO. The molecule has 13 nitrogen and oxygen atoms in total. The van der Waals surface area contributed by atoms with Gasteiger partial charge in [-0.1, -0.05) is 67.8 Å². The van der Waals surface area contributed by atoms with Crippen molar-refractivity contribution in [3.05, 3.63) is 124 Å². The van der Waals surface area contributed by atoms with Gasteiger partial charge >= 0.3 is 0 Å². The van der Waals surface area contributed by atoms with Crippen LogP contribution in [0.5, 0.6) is 5.75 Å². The van der Waals surface area contributed by atoms with Crippen LogP contribution >= 0.6 is 0 Å². The minimum absolute atomic E-state index is 0.0503. The number of hydrogen-bond acceptors (Lipinski definition) is 10. The van der Waals surface area contributed by atoms with E-state index in [0.717, 1.165) is 36.8 Å². The van der Waals surface area contributed by atoms with E-state index in [9.17, 15) is 24.9 Å². The monoisotopic (exact) mass is 725 g/mol. The first-order valence-electron chi connectivity index (χ1n) is 17.9. The number of phenolic OH excluding ortho intramolecular Hbond substituents is 1. The highest BCUT2D eigenvalue weighted by molar-refractivity contribution is 5.90. The Bertz CT molecular complexity index is 1980. The van der Waals surface area contributed by atoms with Gasteiger partial charge in [0.1, 0.15) is 11.5 Å². The molecule has 2 heterocycles. The second kappa shape index (κ2) is 18.9. The summed E-state index contributed by atoms with van der Waals surface area (Å²) in [4.78, 5) is 39.7. The van der Waals surface area contributed by atoms with Gasteiger partial charge < -0.3 is 45.8 Å². The van der Waals surface area contributed by atoms with E-state index in [2.05, 4.69) is 25.9 Å². The van der Waals surface area contributed by atoms with Gasteiger partial charge in [-0.15, -0.1) is 0 Å². The van der Waals surface area contributed by atoms with Crippen LogP contribution in [0.2, 0.25) is 0 Å². The summed E-state index contributed by atoms with van der Waals surface area (Å²) in [5, 5.41) is 49.8. The van der Waals surface area contributed by atoms with Crippen molar-refractivity contribution < 1.29 is 34.4 Å². The van der Waals surface area contributed by atoms with Crippen molar-refractivity contribution in [2.24, 2.45) is 5.92 Å².